The number of alkyl halides is 5. The van der Waals surface area contributed by atoms with E-state index < -0.39 is 28.6 Å². The van der Waals surface area contributed by atoms with Gasteiger partial charge in [-0.2, -0.15) is 34.6 Å². The molecule has 0 rings (SSSR count). The van der Waals surface area contributed by atoms with E-state index in [1.54, 1.807) is 0 Å². The van der Waals surface area contributed by atoms with Crippen molar-refractivity contribution in [2.45, 2.75) is 12.3 Å². The predicted molar refractivity (Wildman–Crippen MR) is 27.1 cm³/mol. The smallest absolute Gasteiger partial charge is 0.280 e. The van der Waals surface area contributed by atoms with E-state index in [4.69, 9.17) is 0 Å². The number of carbonyl (C=O) groups is 1. The van der Waals surface area contributed by atoms with E-state index in [0.717, 1.165) is 0 Å². The molecule has 0 heterocycles. The highest BCUT2D eigenvalue weighted by molar-refractivity contribution is 7.81. The minimum atomic E-state index is -6.36. The molecule has 0 aliphatic heterocycles. The summed E-state index contributed by atoms with van der Waals surface area (Å²) in [6.45, 7) is 0. The second-order valence-corrected chi connectivity index (χ2v) is 2.77. The van der Waals surface area contributed by atoms with Gasteiger partial charge in [-0.3, -0.25) is 4.79 Å². The highest BCUT2D eigenvalue weighted by Gasteiger charge is 2.58. The van der Waals surface area contributed by atoms with Crippen molar-refractivity contribution in [2.24, 2.45) is 0 Å². The standard InChI is InChI=1S/C3F6O4S/c4-2(5,6)1(10)3(7,8)13-14(9,11)12. The van der Waals surface area contributed by atoms with Gasteiger partial charge in [0.25, 0.3) is 0 Å². The molecular weight excluding hydrogens is 246 g/mol. The summed E-state index contributed by atoms with van der Waals surface area (Å²) in [5.41, 5.74) is 0. The number of ketones is 1. The summed E-state index contributed by atoms with van der Waals surface area (Å²) in [7, 11) is -6.36. The molecule has 0 aliphatic rings. The van der Waals surface area contributed by atoms with Gasteiger partial charge in [-0.1, -0.05) is 3.89 Å². The fourth-order valence-electron chi connectivity index (χ4n) is 0.328. The highest BCUT2D eigenvalue weighted by Crippen LogP contribution is 2.30. The van der Waals surface area contributed by atoms with Crippen LogP contribution in [0.5, 0.6) is 0 Å². The topological polar surface area (TPSA) is 60.4 Å². The molecule has 0 aromatic carbocycles. The molecule has 0 N–H and O–H groups in total. The summed E-state index contributed by atoms with van der Waals surface area (Å²) in [6.07, 6.45) is -11.8. The van der Waals surface area contributed by atoms with Gasteiger partial charge in [-0.15, -0.1) is 0 Å². The summed E-state index contributed by atoms with van der Waals surface area (Å²) in [5.74, 6) is -3.81. The first-order chi connectivity index (χ1) is 5.86. The lowest BCUT2D eigenvalue weighted by Crippen LogP contribution is -2.42. The van der Waals surface area contributed by atoms with Crippen LogP contribution in [0, 0.1) is 0 Å². The Morgan fingerprint density at radius 2 is 1.43 bits per heavy atom. The van der Waals surface area contributed by atoms with Crippen molar-refractivity contribution in [3.63, 3.8) is 0 Å². The molecule has 0 aromatic rings. The average Bonchev–Trinajstić information content (AvgIpc) is 1.78. The third-order valence-electron chi connectivity index (χ3n) is 0.726. The minimum Gasteiger partial charge on any atom is -0.280 e. The van der Waals surface area contributed by atoms with Crippen molar-refractivity contribution in [3.05, 3.63) is 0 Å². The molecule has 14 heavy (non-hydrogen) atoms. The van der Waals surface area contributed by atoms with Gasteiger partial charge >= 0.3 is 28.6 Å². The van der Waals surface area contributed by atoms with E-state index in [2.05, 4.69) is 0 Å². The molecule has 0 saturated heterocycles. The molecule has 0 radical (unpaired) electrons. The number of rotatable bonds is 3. The molecule has 4 nitrogen and oxygen atoms in total. The summed E-state index contributed by atoms with van der Waals surface area (Å²) < 4.78 is 89.9. The van der Waals surface area contributed by atoms with Gasteiger partial charge < -0.3 is 0 Å². The van der Waals surface area contributed by atoms with Gasteiger partial charge in [0.2, 0.25) is 0 Å². The maximum Gasteiger partial charge on any atom is 0.459 e. The number of Topliss-reactive ketones (excluding diaryl/α,β-unsaturated/α-hetero) is 1. The van der Waals surface area contributed by atoms with Crippen LogP contribution >= 0.6 is 0 Å². The van der Waals surface area contributed by atoms with E-state index in [9.17, 15) is 39.1 Å². The highest BCUT2D eigenvalue weighted by atomic mass is 32.3. The first kappa shape index (κ1) is 13.2. The molecule has 0 atom stereocenters. The lowest BCUT2D eigenvalue weighted by atomic mass is 10.4. The van der Waals surface area contributed by atoms with E-state index >= 15 is 0 Å². The van der Waals surface area contributed by atoms with Crippen LogP contribution < -0.4 is 0 Å². The van der Waals surface area contributed by atoms with Crippen LogP contribution in [0.4, 0.5) is 25.8 Å². The fourth-order valence-corrected chi connectivity index (χ4v) is 0.654. The SMILES string of the molecule is O=C(C(F)(F)F)C(F)(F)OS(=O)(=O)F. The minimum absolute atomic E-state index is 2.02. The maximum absolute atomic E-state index is 11.9. The third kappa shape index (κ3) is 3.91. The molecule has 0 aliphatic carbocycles. The molecule has 0 bridgehead atoms. The number of hydrogen-bond donors (Lipinski definition) is 0. The Hall–Kier alpha value is -0.840. The zero-order valence-electron chi connectivity index (χ0n) is 5.81. The van der Waals surface area contributed by atoms with Crippen molar-refractivity contribution >= 4 is 16.3 Å². The number of halogens is 6. The van der Waals surface area contributed by atoms with E-state index in [1.807, 2.05) is 4.18 Å². The molecule has 11 heteroatoms. The Labute approximate surface area is 72.9 Å². The van der Waals surface area contributed by atoms with Crippen LogP contribution in [0.15, 0.2) is 0 Å². The second kappa shape index (κ2) is 3.38. The second-order valence-electron chi connectivity index (χ2n) is 1.82. The van der Waals surface area contributed by atoms with Gasteiger partial charge in [0.05, 0.1) is 0 Å². The van der Waals surface area contributed by atoms with Crippen molar-refractivity contribution < 1.29 is 43.2 Å². The lowest BCUT2D eigenvalue weighted by molar-refractivity contribution is -0.230. The maximum atomic E-state index is 11.9. The molecular formula is C3F6O4S. The molecule has 0 fully saturated rings. The summed E-state index contributed by atoms with van der Waals surface area (Å²) >= 11 is 0. The van der Waals surface area contributed by atoms with Gasteiger partial charge in [0, 0.05) is 0 Å². The largest absolute Gasteiger partial charge is 0.459 e. The van der Waals surface area contributed by atoms with Crippen LogP contribution in [0.25, 0.3) is 0 Å². The van der Waals surface area contributed by atoms with Crippen LogP contribution in [-0.4, -0.2) is 26.5 Å². The Bertz CT molecular complexity index is 327. The normalized spacial score (nSPS) is 14.1. The Kier molecular flexibility index (Phi) is 3.18. The zero-order chi connectivity index (χ0) is 11.8. The first-order valence-electron chi connectivity index (χ1n) is 2.51. The third-order valence-corrected chi connectivity index (χ3v) is 1.13. The van der Waals surface area contributed by atoms with E-state index in [-0.39, 0.29) is 0 Å². The van der Waals surface area contributed by atoms with Gasteiger partial charge in [-0.05, 0) is 0 Å². The number of hydrogen-bond acceptors (Lipinski definition) is 4. The predicted octanol–water partition coefficient (Wildman–Crippen LogP) is 0.942. The molecule has 0 unspecified atom stereocenters. The molecule has 0 aromatic heterocycles. The van der Waals surface area contributed by atoms with Gasteiger partial charge in [0.1, 0.15) is 0 Å². The molecule has 84 valence electrons. The Morgan fingerprint density at radius 3 is 1.64 bits per heavy atom. The summed E-state index contributed by atoms with van der Waals surface area (Å²) in [5, 5.41) is 0. The van der Waals surface area contributed by atoms with Gasteiger partial charge in [-0.25, -0.2) is 0 Å². The first-order valence-corrected chi connectivity index (χ1v) is 3.82. The molecule has 0 spiro atoms. The summed E-state index contributed by atoms with van der Waals surface area (Å²) in [6, 6.07) is 0. The summed E-state index contributed by atoms with van der Waals surface area (Å²) in [4.78, 5) is 9.73. The Balaban J connectivity index is 4.91. The monoisotopic (exact) mass is 246 g/mol. The van der Waals surface area contributed by atoms with Crippen molar-refractivity contribution in [3.8, 4) is 0 Å². The average molecular weight is 246 g/mol. The van der Waals surface area contributed by atoms with Gasteiger partial charge in [0.15, 0.2) is 0 Å². The van der Waals surface area contributed by atoms with Crippen molar-refractivity contribution in [2.75, 3.05) is 0 Å². The van der Waals surface area contributed by atoms with Crippen LogP contribution in [-0.2, 0) is 19.5 Å². The van der Waals surface area contributed by atoms with Crippen LogP contribution in [0.3, 0.4) is 0 Å². The fraction of sp³-hybridized carbons (Fsp3) is 0.667. The lowest BCUT2D eigenvalue weighted by Gasteiger charge is -2.13. The van der Waals surface area contributed by atoms with Crippen LogP contribution in [0.2, 0.25) is 0 Å². The van der Waals surface area contributed by atoms with E-state index in [0.29, 0.717) is 0 Å². The molecule has 0 amide bonds. The zero-order valence-corrected chi connectivity index (χ0v) is 6.63. The van der Waals surface area contributed by atoms with Crippen molar-refractivity contribution in [1.82, 2.24) is 0 Å². The number of carbonyl (C=O) groups excluding carboxylic acids is 1. The molecule has 0 saturated carbocycles. The van der Waals surface area contributed by atoms with Crippen LogP contribution in [0.1, 0.15) is 0 Å². The van der Waals surface area contributed by atoms with Crippen molar-refractivity contribution in [1.29, 1.82) is 0 Å². The Morgan fingerprint density at radius 1 is 1.07 bits per heavy atom. The van der Waals surface area contributed by atoms with E-state index in [1.165, 1.54) is 0 Å². The quantitative estimate of drug-likeness (QED) is 0.549.